The average Bonchev–Trinajstić information content (AvgIpc) is 2.92. The number of carbonyl (C=O) groups is 1. The van der Waals surface area contributed by atoms with Gasteiger partial charge in [0.2, 0.25) is 20.0 Å². The Labute approximate surface area is 213 Å². The van der Waals surface area contributed by atoms with Crippen molar-refractivity contribution in [3.63, 3.8) is 0 Å². The van der Waals surface area contributed by atoms with Gasteiger partial charge in [-0.05, 0) is 68.1 Å². The van der Waals surface area contributed by atoms with Crippen LogP contribution < -0.4 is 10.1 Å². The molecule has 0 atom stereocenters. The highest BCUT2D eigenvalue weighted by atomic mass is 32.2. The van der Waals surface area contributed by atoms with E-state index in [1.807, 2.05) is 0 Å². The summed E-state index contributed by atoms with van der Waals surface area (Å²) in [7, 11) is -7.11. The molecule has 36 heavy (non-hydrogen) atoms. The minimum atomic E-state index is -3.62. The predicted molar refractivity (Wildman–Crippen MR) is 136 cm³/mol. The third-order valence-corrected chi connectivity index (χ3v) is 10.3. The largest absolute Gasteiger partial charge is 0.492 e. The van der Waals surface area contributed by atoms with Gasteiger partial charge in [-0.25, -0.2) is 16.8 Å². The maximum Gasteiger partial charge on any atom is 0.251 e. The van der Waals surface area contributed by atoms with Crippen molar-refractivity contribution in [2.75, 3.05) is 39.3 Å². The van der Waals surface area contributed by atoms with Crippen molar-refractivity contribution in [2.24, 2.45) is 0 Å². The fourth-order valence-corrected chi connectivity index (χ4v) is 7.53. The normalized spacial score (nSPS) is 18.0. The van der Waals surface area contributed by atoms with Crippen LogP contribution in [0.2, 0.25) is 0 Å². The average molecular weight is 536 g/mol. The molecule has 2 heterocycles. The van der Waals surface area contributed by atoms with E-state index in [-0.39, 0.29) is 28.5 Å². The summed E-state index contributed by atoms with van der Waals surface area (Å²) >= 11 is 0. The summed E-state index contributed by atoms with van der Waals surface area (Å²) in [5.74, 6) is 0.105. The number of ether oxygens (including phenoxy) is 1. The fourth-order valence-electron chi connectivity index (χ4n) is 4.45. The van der Waals surface area contributed by atoms with Gasteiger partial charge in [0.15, 0.2) is 0 Å². The molecule has 0 spiro atoms. The van der Waals surface area contributed by atoms with Gasteiger partial charge in [-0.15, -0.1) is 0 Å². The highest BCUT2D eigenvalue weighted by Crippen LogP contribution is 2.23. The number of nitrogens with one attached hydrogen (secondary N) is 1. The van der Waals surface area contributed by atoms with Gasteiger partial charge >= 0.3 is 0 Å². The van der Waals surface area contributed by atoms with Crippen LogP contribution in [0.25, 0.3) is 0 Å². The second-order valence-corrected chi connectivity index (χ2v) is 12.9. The first-order valence-electron chi connectivity index (χ1n) is 12.4. The van der Waals surface area contributed by atoms with Crippen molar-refractivity contribution in [3.8, 4) is 5.75 Å². The minimum Gasteiger partial charge on any atom is -0.492 e. The van der Waals surface area contributed by atoms with Crippen LogP contribution in [-0.4, -0.2) is 70.7 Å². The summed E-state index contributed by atoms with van der Waals surface area (Å²) in [4.78, 5) is 12.9. The summed E-state index contributed by atoms with van der Waals surface area (Å²) in [6.45, 7) is 2.48. The van der Waals surface area contributed by atoms with Crippen LogP contribution in [0, 0.1) is 0 Å². The van der Waals surface area contributed by atoms with E-state index in [1.54, 1.807) is 24.3 Å². The number of amides is 1. The summed E-state index contributed by atoms with van der Waals surface area (Å²) in [5.41, 5.74) is 0.264. The maximum absolute atomic E-state index is 12.9. The molecule has 2 aliphatic heterocycles. The van der Waals surface area contributed by atoms with E-state index in [0.29, 0.717) is 31.9 Å². The summed E-state index contributed by atoms with van der Waals surface area (Å²) < 4.78 is 59.9. The molecule has 0 aliphatic carbocycles. The van der Waals surface area contributed by atoms with Gasteiger partial charge in [-0.2, -0.15) is 8.61 Å². The van der Waals surface area contributed by atoms with Crippen LogP contribution in [0.4, 0.5) is 0 Å². The Hall–Kier alpha value is -2.47. The quantitative estimate of drug-likeness (QED) is 0.494. The fraction of sp³-hybridized carbons (Fsp3) is 0.480. The lowest BCUT2D eigenvalue weighted by Gasteiger charge is -2.26. The molecule has 0 unspecified atom stereocenters. The maximum atomic E-state index is 12.9. The zero-order valence-electron chi connectivity index (χ0n) is 20.3. The van der Waals surface area contributed by atoms with E-state index in [9.17, 15) is 21.6 Å². The first-order valence-corrected chi connectivity index (χ1v) is 15.3. The zero-order valence-corrected chi connectivity index (χ0v) is 21.9. The Balaban J connectivity index is 1.28. The van der Waals surface area contributed by atoms with Gasteiger partial charge < -0.3 is 10.1 Å². The van der Waals surface area contributed by atoms with Crippen molar-refractivity contribution in [1.82, 2.24) is 13.9 Å². The van der Waals surface area contributed by atoms with E-state index in [2.05, 4.69) is 5.32 Å². The lowest BCUT2D eigenvalue weighted by atomic mass is 10.2. The molecule has 2 aromatic carbocycles. The number of nitrogens with zero attached hydrogens (tertiary/aromatic N) is 2. The van der Waals surface area contributed by atoms with Gasteiger partial charge in [0.05, 0.1) is 16.3 Å². The first kappa shape index (κ1) is 26.6. The number of hydrogen-bond acceptors (Lipinski definition) is 6. The number of sulfonamides is 2. The molecule has 0 bridgehead atoms. The Bertz CT molecular complexity index is 1250. The molecule has 0 aromatic heterocycles. The molecule has 0 radical (unpaired) electrons. The van der Waals surface area contributed by atoms with Gasteiger partial charge in [0.1, 0.15) is 12.4 Å². The van der Waals surface area contributed by atoms with Crippen LogP contribution in [-0.2, 0) is 20.0 Å². The SMILES string of the molecule is O=C(NCCOc1ccc(S(=O)(=O)N2CCCCC2)cc1)c1cccc(S(=O)(=O)N2CCCCC2)c1. The number of benzene rings is 2. The van der Waals surface area contributed by atoms with Crippen LogP contribution in [0.3, 0.4) is 0 Å². The Morgan fingerprint density at radius 2 is 1.31 bits per heavy atom. The molecule has 196 valence electrons. The van der Waals surface area contributed by atoms with Gasteiger partial charge in [-0.3, -0.25) is 4.79 Å². The molecule has 0 saturated carbocycles. The smallest absolute Gasteiger partial charge is 0.251 e. The molecule has 2 saturated heterocycles. The van der Waals surface area contributed by atoms with Gasteiger partial charge in [0, 0.05) is 31.7 Å². The molecular weight excluding hydrogens is 502 g/mol. The number of hydrogen-bond donors (Lipinski definition) is 1. The molecule has 4 rings (SSSR count). The van der Waals surface area contributed by atoms with Crippen molar-refractivity contribution >= 4 is 26.0 Å². The van der Waals surface area contributed by atoms with Crippen LogP contribution >= 0.6 is 0 Å². The van der Waals surface area contributed by atoms with Crippen molar-refractivity contribution < 1.29 is 26.4 Å². The second kappa shape index (κ2) is 11.7. The van der Waals surface area contributed by atoms with Gasteiger partial charge in [0.25, 0.3) is 5.91 Å². The Kier molecular flexibility index (Phi) is 8.66. The van der Waals surface area contributed by atoms with E-state index >= 15 is 0 Å². The molecule has 1 N–H and O–H groups in total. The molecule has 2 aliphatic rings. The van der Waals surface area contributed by atoms with Crippen molar-refractivity contribution in [1.29, 1.82) is 0 Å². The Morgan fingerprint density at radius 1 is 0.750 bits per heavy atom. The lowest BCUT2D eigenvalue weighted by molar-refractivity contribution is 0.0946. The predicted octanol–water partition coefficient (Wildman–Crippen LogP) is 2.84. The van der Waals surface area contributed by atoms with Gasteiger partial charge in [-0.1, -0.05) is 18.9 Å². The third kappa shape index (κ3) is 6.26. The topological polar surface area (TPSA) is 113 Å². The summed E-state index contributed by atoms with van der Waals surface area (Å²) in [5, 5.41) is 2.73. The van der Waals surface area contributed by atoms with E-state index in [4.69, 9.17) is 4.74 Å². The monoisotopic (exact) mass is 535 g/mol. The van der Waals surface area contributed by atoms with E-state index < -0.39 is 26.0 Å². The van der Waals surface area contributed by atoms with E-state index in [0.717, 1.165) is 38.5 Å². The third-order valence-electron chi connectivity index (χ3n) is 6.48. The lowest BCUT2D eigenvalue weighted by Crippen LogP contribution is -2.35. The van der Waals surface area contributed by atoms with E-state index in [1.165, 1.54) is 32.9 Å². The molecule has 2 fully saturated rings. The molecule has 9 nitrogen and oxygen atoms in total. The number of carbonyl (C=O) groups excluding carboxylic acids is 1. The zero-order chi connectivity index (χ0) is 25.6. The Morgan fingerprint density at radius 3 is 1.89 bits per heavy atom. The molecule has 11 heteroatoms. The standard InChI is InChI=1S/C25H33N3O6S2/c29-25(21-8-7-9-24(20-21)36(32,33)28-17-5-2-6-18-28)26-14-19-34-22-10-12-23(13-11-22)35(30,31)27-15-3-1-4-16-27/h7-13,20H,1-6,14-19H2,(H,26,29). The minimum absolute atomic E-state index is 0.118. The molecule has 2 aromatic rings. The van der Waals surface area contributed by atoms with Crippen LogP contribution in [0.1, 0.15) is 48.9 Å². The number of rotatable bonds is 9. The van der Waals surface area contributed by atoms with Crippen LogP contribution in [0.15, 0.2) is 58.3 Å². The second-order valence-electron chi connectivity index (χ2n) is 9.03. The molecule has 1 amide bonds. The molecular formula is C25H33N3O6S2. The summed E-state index contributed by atoms with van der Waals surface area (Å²) in [6, 6.07) is 12.3. The van der Waals surface area contributed by atoms with Crippen molar-refractivity contribution in [2.45, 2.75) is 48.3 Å². The number of piperidine rings is 2. The van der Waals surface area contributed by atoms with Crippen molar-refractivity contribution in [3.05, 3.63) is 54.1 Å². The highest BCUT2D eigenvalue weighted by Gasteiger charge is 2.27. The highest BCUT2D eigenvalue weighted by molar-refractivity contribution is 7.89. The first-order chi connectivity index (χ1) is 17.3. The van der Waals surface area contributed by atoms with Crippen LogP contribution in [0.5, 0.6) is 5.75 Å². The summed E-state index contributed by atoms with van der Waals surface area (Å²) in [6.07, 6.45) is 5.53.